The second kappa shape index (κ2) is 9.17. The normalized spacial score (nSPS) is 13.0. The third kappa shape index (κ3) is 5.31. The van der Waals surface area contributed by atoms with Gasteiger partial charge in [0.25, 0.3) is 0 Å². The van der Waals surface area contributed by atoms with E-state index < -0.39 is 7.60 Å². The Morgan fingerprint density at radius 1 is 0.875 bits per heavy atom. The third-order valence-corrected chi connectivity index (χ3v) is 6.43. The Kier molecular flexibility index (Phi) is 7.23. The van der Waals surface area contributed by atoms with Crippen molar-refractivity contribution >= 4 is 7.60 Å². The van der Waals surface area contributed by atoms with Crippen LogP contribution in [-0.2, 0) is 26.5 Å². The summed E-state index contributed by atoms with van der Waals surface area (Å²) in [6.07, 6.45) is 1.58. The molecule has 0 heterocycles. The van der Waals surface area contributed by atoms with Crippen LogP contribution in [0.3, 0.4) is 0 Å². The van der Waals surface area contributed by atoms with E-state index in [-0.39, 0.29) is 5.66 Å². The fourth-order valence-electron chi connectivity index (χ4n) is 2.80. The molecule has 1 unspecified atom stereocenters. The zero-order valence-corrected chi connectivity index (χ0v) is 15.7. The van der Waals surface area contributed by atoms with Crippen molar-refractivity contribution in [2.24, 2.45) is 0 Å². The van der Waals surface area contributed by atoms with Crippen LogP contribution in [0.2, 0.25) is 0 Å². The fraction of sp³-hybridized carbons (Fsp3) is 0.400. The second-order valence-corrected chi connectivity index (χ2v) is 8.39. The molecule has 130 valence electrons. The average molecular weight is 346 g/mol. The molecule has 24 heavy (non-hydrogen) atoms. The van der Waals surface area contributed by atoms with E-state index in [1.807, 2.05) is 26.8 Å². The van der Waals surface area contributed by atoms with Gasteiger partial charge in [-0.15, -0.1) is 0 Å². The number of hydrogen-bond acceptors (Lipinski definition) is 3. The Balaban J connectivity index is 2.09. The lowest BCUT2D eigenvalue weighted by Crippen LogP contribution is -2.13. The summed E-state index contributed by atoms with van der Waals surface area (Å²) < 4.78 is 23.8. The van der Waals surface area contributed by atoms with Crippen LogP contribution < -0.4 is 0 Å². The van der Waals surface area contributed by atoms with E-state index in [1.165, 1.54) is 11.1 Å². The molecule has 0 aliphatic rings. The van der Waals surface area contributed by atoms with Gasteiger partial charge in [0.2, 0.25) is 0 Å². The molecule has 0 bridgehead atoms. The van der Waals surface area contributed by atoms with Crippen molar-refractivity contribution in [1.82, 2.24) is 0 Å². The zero-order chi connectivity index (χ0) is 17.4. The van der Waals surface area contributed by atoms with Crippen LogP contribution in [0, 0.1) is 0 Å². The predicted octanol–water partition coefficient (Wildman–Crippen LogP) is 5.47. The molecule has 4 heteroatoms. The third-order valence-electron chi connectivity index (χ3n) is 3.93. The lowest BCUT2D eigenvalue weighted by Gasteiger charge is -2.23. The fourth-order valence-corrected chi connectivity index (χ4v) is 4.54. The maximum Gasteiger partial charge on any atom is 0.333 e. The summed E-state index contributed by atoms with van der Waals surface area (Å²) in [4.78, 5) is 0. The van der Waals surface area contributed by atoms with Crippen molar-refractivity contribution < 1.29 is 13.6 Å². The molecule has 0 saturated carbocycles. The van der Waals surface area contributed by atoms with Gasteiger partial charge in [0.05, 0.1) is 18.9 Å². The standard InChI is InChI=1S/C20H27O3P/c1-4-22-24(21,23-5-2)17(3)14-19-12-9-13-20(16-19)15-18-10-7-6-8-11-18/h6-13,16-17H,4-5,14-15H2,1-3H3. The van der Waals surface area contributed by atoms with Crippen molar-refractivity contribution in [1.29, 1.82) is 0 Å². The molecule has 0 radical (unpaired) electrons. The maximum absolute atomic E-state index is 12.8. The summed E-state index contributed by atoms with van der Waals surface area (Å²) in [6.45, 7) is 6.43. The van der Waals surface area contributed by atoms with Gasteiger partial charge in [-0.2, -0.15) is 0 Å². The average Bonchev–Trinajstić information content (AvgIpc) is 2.56. The number of benzene rings is 2. The van der Waals surface area contributed by atoms with Crippen LogP contribution >= 0.6 is 7.60 Å². The van der Waals surface area contributed by atoms with Crippen molar-refractivity contribution in [2.75, 3.05) is 13.2 Å². The number of hydrogen-bond donors (Lipinski definition) is 0. The van der Waals surface area contributed by atoms with Crippen LogP contribution in [0.4, 0.5) is 0 Å². The lowest BCUT2D eigenvalue weighted by atomic mass is 10.0. The molecule has 0 spiro atoms. The van der Waals surface area contributed by atoms with Gasteiger partial charge in [0, 0.05) is 0 Å². The first-order valence-corrected chi connectivity index (χ1v) is 10.2. The molecule has 0 aliphatic carbocycles. The van der Waals surface area contributed by atoms with Gasteiger partial charge in [-0.25, -0.2) is 0 Å². The topological polar surface area (TPSA) is 35.5 Å². The van der Waals surface area contributed by atoms with Crippen molar-refractivity contribution in [3.05, 3.63) is 71.3 Å². The lowest BCUT2D eigenvalue weighted by molar-refractivity contribution is 0.213. The van der Waals surface area contributed by atoms with Crippen LogP contribution in [-0.4, -0.2) is 18.9 Å². The highest BCUT2D eigenvalue weighted by atomic mass is 31.2. The minimum atomic E-state index is -3.06. The quantitative estimate of drug-likeness (QED) is 0.564. The highest BCUT2D eigenvalue weighted by molar-refractivity contribution is 7.54. The summed E-state index contributed by atoms with van der Waals surface area (Å²) in [5, 5.41) is 0. The number of rotatable bonds is 9. The van der Waals surface area contributed by atoms with Crippen LogP contribution in [0.15, 0.2) is 54.6 Å². The van der Waals surface area contributed by atoms with E-state index >= 15 is 0 Å². The van der Waals surface area contributed by atoms with Crippen molar-refractivity contribution in [3.63, 3.8) is 0 Å². The predicted molar refractivity (Wildman–Crippen MR) is 99.7 cm³/mol. The van der Waals surface area contributed by atoms with Gasteiger partial charge in [-0.05, 0) is 43.4 Å². The van der Waals surface area contributed by atoms with E-state index in [9.17, 15) is 4.57 Å². The first kappa shape index (κ1) is 18.9. The van der Waals surface area contributed by atoms with Crippen LogP contribution in [0.25, 0.3) is 0 Å². The molecular weight excluding hydrogens is 319 g/mol. The van der Waals surface area contributed by atoms with Crippen LogP contribution in [0.5, 0.6) is 0 Å². The molecular formula is C20H27O3P. The molecule has 0 saturated heterocycles. The molecule has 2 aromatic rings. The first-order valence-electron chi connectivity index (χ1n) is 8.58. The van der Waals surface area contributed by atoms with E-state index in [1.54, 1.807) is 0 Å². The summed E-state index contributed by atoms with van der Waals surface area (Å²) in [7, 11) is -3.06. The Morgan fingerprint density at radius 3 is 2.08 bits per heavy atom. The molecule has 0 amide bonds. The molecule has 0 aromatic heterocycles. The summed E-state index contributed by atoms with van der Waals surface area (Å²) in [6, 6.07) is 18.9. The van der Waals surface area contributed by atoms with E-state index in [0.29, 0.717) is 19.6 Å². The van der Waals surface area contributed by atoms with Crippen LogP contribution in [0.1, 0.15) is 37.5 Å². The Morgan fingerprint density at radius 2 is 1.46 bits per heavy atom. The zero-order valence-electron chi connectivity index (χ0n) is 14.8. The van der Waals surface area contributed by atoms with Gasteiger partial charge in [-0.3, -0.25) is 4.57 Å². The molecule has 2 rings (SSSR count). The Labute approximate surface area is 145 Å². The highest BCUT2D eigenvalue weighted by Gasteiger charge is 2.31. The highest BCUT2D eigenvalue weighted by Crippen LogP contribution is 2.53. The SMILES string of the molecule is CCOP(=O)(OCC)C(C)Cc1cccc(Cc2ccccc2)c1. The Bertz CT molecular complexity index is 660. The van der Waals surface area contributed by atoms with Crippen molar-refractivity contribution in [2.45, 2.75) is 39.3 Å². The molecule has 0 N–H and O–H groups in total. The largest absolute Gasteiger partial charge is 0.333 e. The summed E-state index contributed by atoms with van der Waals surface area (Å²) >= 11 is 0. The van der Waals surface area contributed by atoms with Crippen molar-refractivity contribution in [3.8, 4) is 0 Å². The van der Waals surface area contributed by atoms with Gasteiger partial charge < -0.3 is 9.05 Å². The molecule has 2 aromatic carbocycles. The molecule has 0 aliphatic heterocycles. The first-order chi connectivity index (χ1) is 11.6. The van der Waals surface area contributed by atoms with Gasteiger partial charge >= 0.3 is 7.60 Å². The van der Waals surface area contributed by atoms with E-state index in [2.05, 4.69) is 48.5 Å². The van der Waals surface area contributed by atoms with Gasteiger partial charge in [-0.1, -0.05) is 61.5 Å². The minimum absolute atomic E-state index is 0.163. The molecule has 0 fully saturated rings. The summed E-state index contributed by atoms with van der Waals surface area (Å²) in [5.74, 6) is 0. The molecule has 3 nitrogen and oxygen atoms in total. The minimum Gasteiger partial charge on any atom is -0.309 e. The maximum atomic E-state index is 12.8. The molecule has 1 atom stereocenters. The monoisotopic (exact) mass is 346 g/mol. The van der Waals surface area contributed by atoms with Gasteiger partial charge in [0.1, 0.15) is 0 Å². The van der Waals surface area contributed by atoms with Gasteiger partial charge in [0.15, 0.2) is 0 Å². The smallest absolute Gasteiger partial charge is 0.309 e. The summed E-state index contributed by atoms with van der Waals surface area (Å²) in [5.41, 5.74) is 3.55. The van der Waals surface area contributed by atoms with E-state index in [4.69, 9.17) is 9.05 Å². The Hall–Kier alpha value is -1.41. The second-order valence-electron chi connectivity index (χ2n) is 5.91. The van der Waals surface area contributed by atoms with E-state index in [0.717, 1.165) is 12.0 Å².